The monoisotopic (exact) mass is 444 g/mol. The number of aldehydes is 1. The minimum atomic E-state index is 0.635. The lowest BCUT2D eigenvalue weighted by Crippen LogP contribution is -2.38. The van der Waals surface area contributed by atoms with E-state index in [1.807, 2.05) is 32.2 Å². The van der Waals surface area contributed by atoms with Gasteiger partial charge in [0.15, 0.2) is 6.29 Å². The Labute approximate surface area is 194 Å². The van der Waals surface area contributed by atoms with Gasteiger partial charge in [0, 0.05) is 47.4 Å². The predicted molar refractivity (Wildman–Crippen MR) is 138 cm³/mol. The van der Waals surface area contributed by atoms with Crippen LogP contribution in [0.25, 0.3) is 16.7 Å². The van der Waals surface area contributed by atoms with Crippen LogP contribution in [0.1, 0.15) is 23.6 Å². The molecule has 1 fully saturated rings. The van der Waals surface area contributed by atoms with Crippen molar-refractivity contribution in [3.63, 3.8) is 0 Å². The molecule has 0 atom stereocenters. The highest BCUT2D eigenvalue weighted by molar-refractivity contribution is 8.00. The van der Waals surface area contributed by atoms with E-state index in [1.165, 1.54) is 5.56 Å². The van der Waals surface area contributed by atoms with Crippen LogP contribution in [0.4, 0.5) is 17.1 Å². The molecule has 3 N–H and O–H groups in total. The van der Waals surface area contributed by atoms with Gasteiger partial charge in [0.1, 0.15) is 0 Å². The number of nitrogens with zero attached hydrogens (tertiary/aromatic N) is 1. The Morgan fingerprint density at radius 2 is 1.78 bits per heavy atom. The maximum Gasteiger partial charge on any atom is 0.152 e. The first-order valence-electron chi connectivity index (χ1n) is 10.6. The van der Waals surface area contributed by atoms with Gasteiger partial charge in [0.2, 0.25) is 0 Å². The molecule has 0 radical (unpaired) electrons. The van der Waals surface area contributed by atoms with Crippen LogP contribution in [-0.4, -0.2) is 20.0 Å². The number of hydrogen-bond donors (Lipinski definition) is 3. The lowest BCUT2D eigenvalue weighted by molar-refractivity contribution is -0.103. The van der Waals surface area contributed by atoms with Gasteiger partial charge in [-0.25, -0.2) is 4.72 Å². The fourth-order valence-corrected chi connectivity index (χ4v) is 4.37. The molecule has 0 spiro atoms. The van der Waals surface area contributed by atoms with Gasteiger partial charge in [-0.2, -0.15) is 0 Å². The number of carbonyl (C=O) groups is 1. The summed E-state index contributed by atoms with van der Waals surface area (Å²) in [6, 6.07) is 20.8. The third kappa shape index (κ3) is 4.38. The van der Waals surface area contributed by atoms with Crippen molar-refractivity contribution >= 4 is 41.1 Å². The number of hydrogen-bond acceptors (Lipinski definition) is 6. The number of anilines is 3. The maximum absolute atomic E-state index is 12.3. The highest BCUT2D eigenvalue weighted by Crippen LogP contribution is 2.33. The molecule has 3 aromatic rings. The number of carbonyl (C=O) groups excluding carboxylic acids is 1. The summed E-state index contributed by atoms with van der Waals surface area (Å²) < 4.78 is 5.36. The van der Waals surface area contributed by atoms with Gasteiger partial charge in [0.05, 0.1) is 12.4 Å². The van der Waals surface area contributed by atoms with E-state index in [0.717, 1.165) is 58.0 Å². The highest BCUT2D eigenvalue weighted by atomic mass is 32.2. The van der Waals surface area contributed by atoms with Gasteiger partial charge in [-0.3, -0.25) is 9.10 Å². The summed E-state index contributed by atoms with van der Waals surface area (Å²) in [4.78, 5) is 12.3. The fourth-order valence-electron chi connectivity index (χ4n) is 3.89. The molecule has 0 aromatic heterocycles. The Kier molecular flexibility index (Phi) is 6.53. The van der Waals surface area contributed by atoms with E-state index >= 15 is 0 Å². The third-order valence-corrected chi connectivity index (χ3v) is 6.58. The van der Waals surface area contributed by atoms with Gasteiger partial charge in [-0.15, -0.1) is 0 Å². The van der Waals surface area contributed by atoms with Gasteiger partial charge < -0.3 is 10.6 Å². The topological polar surface area (TPSA) is 56.4 Å². The van der Waals surface area contributed by atoms with Crippen LogP contribution < -0.4 is 19.7 Å². The standard InChI is InChI=1S/C26H28N4OS/c1-17-7-5-6-8-22(17)20-9-11-26(27-4)23(14-20)24(15-31)19(3)29-25-12-10-21(13-18(25)2)30-16-28-32-30/h5-15,27-29H,16H2,1-4H3/b24-19+. The van der Waals surface area contributed by atoms with Crippen LogP contribution in [0.15, 0.2) is 66.4 Å². The Balaban J connectivity index is 1.71. The zero-order valence-corrected chi connectivity index (χ0v) is 19.6. The molecule has 0 aliphatic carbocycles. The van der Waals surface area contributed by atoms with Crippen LogP contribution >= 0.6 is 12.1 Å². The molecule has 1 aliphatic rings. The molecule has 164 valence electrons. The summed E-state index contributed by atoms with van der Waals surface area (Å²) in [6.07, 6.45) is 0.937. The molecule has 0 bridgehead atoms. The van der Waals surface area contributed by atoms with Crippen molar-refractivity contribution in [3.8, 4) is 11.1 Å². The summed E-state index contributed by atoms with van der Waals surface area (Å²) in [5.41, 5.74) is 9.98. The van der Waals surface area contributed by atoms with Gasteiger partial charge >= 0.3 is 0 Å². The molecule has 1 heterocycles. The van der Waals surface area contributed by atoms with Crippen LogP contribution in [0.5, 0.6) is 0 Å². The second-order valence-electron chi connectivity index (χ2n) is 7.88. The molecule has 0 unspecified atom stereocenters. The molecular weight excluding hydrogens is 416 g/mol. The molecule has 32 heavy (non-hydrogen) atoms. The number of benzene rings is 3. The molecule has 1 aliphatic heterocycles. The smallest absolute Gasteiger partial charge is 0.152 e. The molecule has 4 rings (SSSR count). The molecule has 6 heteroatoms. The number of rotatable bonds is 7. The zero-order chi connectivity index (χ0) is 22.7. The molecule has 0 saturated carbocycles. The van der Waals surface area contributed by atoms with E-state index in [0.29, 0.717) is 5.57 Å². The van der Waals surface area contributed by atoms with Gasteiger partial charge in [0.25, 0.3) is 0 Å². The van der Waals surface area contributed by atoms with E-state index in [2.05, 4.69) is 76.0 Å². The van der Waals surface area contributed by atoms with Gasteiger partial charge in [-0.05, 0) is 73.4 Å². The van der Waals surface area contributed by atoms with Gasteiger partial charge in [-0.1, -0.05) is 30.3 Å². The predicted octanol–water partition coefficient (Wildman–Crippen LogP) is 5.98. The van der Waals surface area contributed by atoms with Crippen molar-refractivity contribution in [2.24, 2.45) is 0 Å². The van der Waals surface area contributed by atoms with Crippen LogP contribution in [-0.2, 0) is 4.79 Å². The maximum atomic E-state index is 12.3. The number of nitrogens with one attached hydrogen (secondary N) is 3. The second kappa shape index (κ2) is 9.51. The van der Waals surface area contributed by atoms with E-state index in [-0.39, 0.29) is 0 Å². The van der Waals surface area contributed by atoms with Crippen molar-refractivity contribution in [2.45, 2.75) is 20.8 Å². The van der Waals surface area contributed by atoms with E-state index in [4.69, 9.17) is 0 Å². The normalized spacial score (nSPS) is 13.8. The van der Waals surface area contributed by atoms with Crippen molar-refractivity contribution in [1.29, 1.82) is 0 Å². The molecule has 1 saturated heterocycles. The summed E-state index contributed by atoms with van der Waals surface area (Å²) in [5.74, 6) is 0. The first kappa shape index (κ1) is 22.0. The summed E-state index contributed by atoms with van der Waals surface area (Å²) >= 11 is 1.60. The van der Waals surface area contributed by atoms with Crippen molar-refractivity contribution in [3.05, 3.63) is 83.1 Å². The first-order valence-corrected chi connectivity index (χ1v) is 11.4. The highest BCUT2D eigenvalue weighted by Gasteiger charge is 2.17. The van der Waals surface area contributed by atoms with E-state index in [1.54, 1.807) is 12.1 Å². The van der Waals surface area contributed by atoms with Crippen LogP contribution in [0.2, 0.25) is 0 Å². The molecule has 0 amide bonds. The summed E-state index contributed by atoms with van der Waals surface area (Å²) in [5, 5.41) is 6.70. The Hall–Kier alpha value is -3.22. The average molecular weight is 445 g/mol. The Morgan fingerprint density at radius 3 is 2.41 bits per heavy atom. The Morgan fingerprint density at radius 1 is 1.03 bits per heavy atom. The number of allylic oxidation sites excluding steroid dienone is 2. The summed E-state index contributed by atoms with van der Waals surface area (Å²) in [6.45, 7) is 6.97. The van der Waals surface area contributed by atoms with Crippen LogP contribution in [0, 0.1) is 13.8 Å². The second-order valence-corrected chi connectivity index (χ2v) is 8.79. The Bertz CT molecular complexity index is 1180. The van der Waals surface area contributed by atoms with Crippen molar-refractivity contribution in [1.82, 2.24) is 4.72 Å². The third-order valence-electron chi connectivity index (χ3n) is 5.76. The van der Waals surface area contributed by atoms with E-state index < -0.39 is 0 Å². The average Bonchev–Trinajstić information content (AvgIpc) is 2.75. The lowest BCUT2D eigenvalue weighted by atomic mass is 9.94. The largest absolute Gasteiger partial charge is 0.388 e. The van der Waals surface area contributed by atoms with Crippen molar-refractivity contribution in [2.75, 3.05) is 28.7 Å². The summed E-state index contributed by atoms with van der Waals surface area (Å²) in [7, 11) is 1.88. The zero-order valence-electron chi connectivity index (χ0n) is 18.8. The lowest BCUT2D eigenvalue weighted by Gasteiger charge is -2.32. The first-order chi connectivity index (χ1) is 15.5. The SMILES string of the molecule is CNc1ccc(-c2ccccc2C)cc1/C(C=O)=C(\C)Nc1ccc(N2CNS2)cc1C. The van der Waals surface area contributed by atoms with Crippen LogP contribution in [0.3, 0.4) is 0 Å². The quantitative estimate of drug-likeness (QED) is 0.237. The minimum absolute atomic E-state index is 0.635. The molecular formula is C26H28N4OS. The number of aryl methyl sites for hydroxylation is 2. The molecule has 5 nitrogen and oxygen atoms in total. The fraction of sp³-hybridized carbons (Fsp3) is 0.192. The minimum Gasteiger partial charge on any atom is -0.388 e. The van der Waals surface area contributed by atoms with Crippen molar-refractivity contribution < 1.29 is 4.79 Å². The van der Waals surface area contributed by atoms with E-state index in [9.17, 15) is 4.79 Å². The molecule has 3 aromatic carbocycles.